The first-order valence-electron chi connectivity index (χ1n) is 10.2. The number of piperazine rings is 1. The van der Waals surface area contributed by atoms with Crippen molar-refractivity contribution >= 4 is 21.7 Å². The summed E-state index contributed by atoms with van der Waals surface area (Å²) in [4.78, 5) is 18.4. The number of benzene rings is 1. The second kappa shape index (κ2) is 11.0. The molecule has 9 nitrogen and oxygen atoms in total. The number of para-hydroxylation sites is 2. The molecule has 3 rings (SSSR count). The van der Waals surface area contributed by atoms with Gasteiger partial charge in [0.25, 0.3) is 5.91 Å². The smallest absolute Gasteiger partial charge is 0.257 e. The number of anilines is 1. The third-order valence-corrected chi connectivity index (χ3v) is 6.89. The Kier molecular flexibility index (Phi) is 8.07. The molecule has 10 heteroatoms. The molecule has 1 N–H and O–H groups in total. The van der Waals surface area contributed by atoms with Gasteiger partial charge in [0.2, 0.25) is 10.0 Å². The number of methoxy groups -OCH3 is 1. The van der Waals surface area contributed by atoms with E-state index in [1.165, 1.54) is 11.4 Å². The van der Waals surface area contributed by atoms with E-state index in [0.29, 0.717) is 44.1 Å². The minimum absolute atomic E-state index is 0.00969. The fraction of sp³-hybridized carbons (Fsp3) is 0.429. The van der Waals surface area contributed by atoms with E-state index in [0.717, 1.165) is 5.82 Å². The second-order valence-corrected chi connectivity index (χ2v) is 9.12. The Hall–Kier alpha value is -2.85. The first-order valence-corrected chi connectivity index (χ1v) is 11.8. The zero-order valence-electron chi connectivity index (χ0n) is 17.6. The molecule has 1 saturated heterocycles. The van der Waals surface area contributed by atoms with Crippen LogP contribution in [0.15, 0.2) is 48.7 Å². The average Bonchev–Trinajstić information content (AvgIpc) is 2.81. The highest BCUT2D eigenvalue weighted by atomic mass is 32.2. The van der Waals surface area contributed by atoms with Crippen molar-refractivity contribution in [2.75, 3.05) is 57.1 Å². The normalized spacial score (nSPS) is 14.8. The van der Waals surface area contributed by atoms with Crippen LogP contribution >= 0.6 is 0 Å². The number of aromatic nitrogens is 1. The molecule has 0 unspecified atom stereocenters. The maximum Gasteiger partial charge on any atom is 0.257 e. The highest BCUT2D eigenvalue weighted by Crippen LogP contribution is 2.25. The number of sulfonamides is 1. The molecule has 0 bridgehead atoms. The zero-order chi connectivity index (χ0) is 22.1. The van der Waals surface area contributed by atoms with Gasteiger partial charge in [-0.3, -0.25) is 4.79 Å². The first kappa shape index (κ1) is 22.8. The third-order valence-electron chi connectivity index (χ3n) is 4.93. The maximum absolute atomic E-state index is 12.6. The van der Waals surface area contributed by atoms with Crippen LogP contribution in [0.5, 0.6) is 11.5 Å². The lowest BCUT2D eigenvalue weighted by Gasteiger charge is -2.34. The van der Waals surface area contributed by atoms with Gasteiger partial charge < -0.3 is 19.7 Å². The quantitative estimate of drug-likeness (QED) is 0.544. The van der Waals surface area contributed by atoms with E-state index in [4.69, 9.17) is 9.47 Å². The highest BCUT2D eigenvalue weighted by molar-refractivity contribution is 7.89. The molecule has 0 atom stereocenters. The SMILES string of the molecule is COc1ccccc1OCC(=O)NCCCS(=O)(=O)N1CCN(c2ccccn2)CC1. The van der Waals surface area contributed by atoms with Crippen molar-refractivity contribution in [3.63, 3.8) is 0 Å². The van der Waals surface area contributed by atoms with Crippen LogP contribution < -0.4 is 19.7 Å². The van der Waals surface area contributed by atoms with Crippen molar-refractivity contribution in [1.82, 2.24) is 14.6 Å². The summed E-state index contributed by atoms with van der Waals surface area (Å²) in [5, 5.41) is 2.69. The minimum Gasteiger partial charge on any atom is -0.493 e. The molecule has 1 aromatic carbocycles. The van der Waals surface area contributed by atoms with E-state index in [2.05, 4.69) is 15.2 Å². The van der Waals surface area contributed by atoms with Gasteiger partial charge in [-0.05, 0) is 30.7 Å². The molecule has 2 heterocycles. The number of amides is 1. The van der Waals surface area contributed by atoms with Crippen molar-refractivity contribution in [1.29, 1.82) is 0 Å². The summed E-state index contributed by atoms with van der Waals surface area (Å²) in [5.41, 5.74) is 0. The monoisotopic (exact) mass is 448 g/mol. The van der Waals surface area contributed by atoms with Gasteiger partial charge in [-0.2, -0.15) is 4.31 Å². The topological polar surface area (TPSA) is 101 Å². The summed E-state index contributed by atoms with van der Waals surface area (Å²) in [6, 6.07) is 12.8. The largest absolute Gasteiger partial charge is 0.493 e. The van der Waals surface area contributed by atoms with Gasteiger partial charge in [0.1, 0.15) is 5.82 Å². The molecule has 1 aromatic heterocycles. The molecule has 168 valence electrons. The van der Waals surface area contributed by atoms with Crippen LogP contribution in [0.1, 0.15) is 6.42 Å². The number of carbonyl (C=O) groups excluding carboxylic acids is 1. The number of hydrogen-bond acceptors (Lipinski definition) is 7. The Labute approximate surface area is 183 Å². The average molecular weight is 449 g/mol. The highest BCUT2D eigenvalue weighted by Gasteiger charge is 2.26. The fourth-order valence-electron chi connectivity index (χ4n) is 3.28. The van der Waals surface area contributed by atoms with Gasteiger partial charge in [-0.1, -0.05) is 18.2 Å². The van der Waals surface area contributed by atoms with Crippen molar-refractivity contribution in [2.24, 2.45) is 0 Å². The van der Waals surface area contributed by atoms with Gasteiger partial charge in [-0.15, -0.1) is 0 Å². The molecule has 0 aliphatic carbocycles. The summed E-state index contributed by atoms with van der Waals surface area (Å²) in [6.07, 6.45) is 2.07. The van der Waals surface area contributed by atoms with E-state index < -0.39 is 10.0 Å². The molecule has 0 saturated carbocycles. The first-order chi connectivity index (χ1) is 15.0. The lowest BCUT2D eigenvalue weighted by Crippen LogP contribution is -2.49. The van der Waals surface area contributed by atoms with Gasteiger partial charge in [-0.25, -0.2) is 13.4 Å². The Morgan fingerprint density at radius 1 is 1.06 bits per heavy atom. The zero-order valence-corrected chi connectivity index (χ0v) is 18.4. The molecule has 0 spiro atoms. The number of hydrogen-bond donors (Lipinski definition) is 1. The molecule has 0 radical (unpaired) electrons. The number of carbonyl (C=O) groups is 1. The van der Waals surface area contributed by atoms with Gasteiger partial charge in [0.15, 0.2) is 18.1 Å². The molecule has 1 aliphatic rings. The number of pyridine rings is 1. The van der Waals surface area contributed by atoms with Gasteiger partial charge >= 0.3 is 0 Å². The van der Waals surface area contributed by atoms with Gasteiger partial charge in [0.05, 0.1) is 12.9 Å². The predicted molar refractivity (Wildman–Crippen MR) is 118 cm³/mol. The van der Waals surface area contributed by atoms with Crippen molar-refractivity contribution in [3.05, 3.63) is 48.7 Å². The van der Waals surface area contributed by atoms with Crippen molar-refractivity contribution < 1.29 is 22.7 Å². The predicted octanol–water partition coefficient (Wildman–Crippen LogP) is 1.13. The van der Waals surface area contributed by atoms with Crippen molar-refractivity contribution in [3.8, 4) is 11.5 Å². The molecule has 1 amide bonds. The van der Waals surface area contributed by atoms with Crippen LogP contribution in [0.4, 0.5) is 5.82 Å². The summed E-state index contributed by atoms with van der Waals surface area (Å²) < 4.78 is 37.3. The minimum atomic E-state index is -3.36. The molecule has 2 aromatic rings. The molecule has 1 fully saturated rings. The number of nitrogens with zero attached hydrogens (tertiary/aromatic N) is 3. The summed E-state index contributed by atoms with van der Waals surface area (Å²) in [7, 11) is -1.84. The number of ether oxygens (including phenoxy) is 2. The molecule has 31 heavy (non-hydrogen) atoms. The van der Waals surface area contributed by atoms with Crippen LogP contribution in [0.2, 0.25) is 0 Å². The number of rotatable bonds is 10. The Balaban J connectivity index is 1.35. The Morgan fingerprint density at radius 3 is 2.45 bits per heavy atom. The number of nitrogens with one attached hydrogen (secondary N) is 1. The molecular formula is C21H28N4O5S. The lowest BCUT2D eigenvalue weighted by atomic mass is 10.3. The summed E-state index contributed by atoms with van der Waals surface area (Å²) in [6.45, 7) is 2.17. The van der Waals surface area contributed by atoms with E-state index in [9.17, 15) is 13.2 Å². The van der Waals surface area contributed by atoms with Crippen molar-refractivity contribution in [2.45, 2.75) is 6.42 Å². The van der Waals surface area contributed by atoms with Crippen LogP contribution in [0.3, 0.4) is 0 Å². The summed E-state index contributed by atoms with van der Waals surface area (Å²) in [5.74, 6) is 1.56. The molecular weight excluding hydrogens is 420 g/mol. The van der Waals surface area contributed by atoms with E-state index in [1.54, 1.807) is 24.4 Å². The van der Waals surface area contributed by atoms with Crippen LogP contribution in [0.25, 0.3) is 0 Å². The van der Waals surface area contributed by atoms with Crippen LogP contribution in [0, 0.1) is 0 Å². The van der Waals surface area contributed by atoms with E-state index >= 15 is 0 Å². The standard InChI is InChI=1S/C21H28N4O5S/c1-29-18-7-2-3-8-19(18)30-17-21(26)23-11-6-16-31(27,28)25-14-12-24(13-15-25)20-9-4-5-10-22-20/h2-5,7-10H,6,11-17H2,1H3,(H,23,26). The lowest BCUT2D eigenvalue weighted by molar-refractivity contribution is -0.123. The second-order valence-electron chi connectivity index (χ2n) is 7.03. The Morgan fingerprint density at radius 2 is 1.77 bits per heavy atom. The van der Waals surface area contributed by atoms with Crippen LogP contribution in [-0.2, 0) is 14.8 Å². The fourth-order valence-corrected chi connectivity index (χ4v) is 4.77. The third kappa shape index (κ3) is 6.56. The Bertz CT molecular complexity index is 947. The maximum atomic E-state index is 12.6. The van der Waals surface area contributed by atoms with Crippen LogP contribution in [-0.4, -0.2) is 75.8 Å². The summed E-state index contributed by atoms with van der Waals surface area (Å²) >= 11 is 0. The van der Waals surface area contributed by atoms with E-state index in [-0.39, 0.29) is 24.8 Å². The van der Waals surface area contributed by atoms with E-state index in [1.807, 2.05) is 24.3 Å². The molecule has 1 aliphatic heterocycles. The van der Waals surface area contributed by atoms with Gasteiger partial charge in [0, 0.05) is 38.9 Å².